The third kappa shape index (κ3) is 3.90. The van der Waals surface area contributed by atoms with Crippen LogP contribution in [0.5, 0.6) is 0 Å². The van der Waals surface area contributed by atoms with Gasteiger partial charge >= 0.3 is 6.09 Å². The standard InChI is InChI=1S/C18H22BrFN4O2/c1-11(13-6-5-12(20)9-14(13)19)24-16-7-8-23(10-15(16)21-22-24)17(25)26-18(2,3)4/h5-6,9,11H,7-8,10H2,1-4H3. The zero-order valence-electron chi connectivity index (χ0n) is 15.3. The summed E-state index contributed by atoms with van der Waals surface area (Å²) in [5.74, 6) is -0.290. The molecule has 1 aromatic heterocycles. The molecule has 0 saturated heterocycles. The molecule has 0 saturated carbocycles. The van der Waals surface area contributed by atoms with Crippen molar-refractivity contribution in [3.63, 3.8) is 0 Å². The van der Waals surface area contributed by atoms with Crippen molar-refractivity contribution in [2.24, 2.45) is 0 Å². The van der Waals surface area contributed by atoms with Crippen molar-refractivity contribution in [3.8, 4) is 0 Å². The van der Waals surface area contributed by atoms with Crippen LogP contribution in [0.2, 0.25) is 0 Å². The molecule has 26 heavy (non-hydrogen) atoms. The summed E-state index contributed by atoms with van der Waals surface area (Å²) in [5.41, 5.74) is 2.16. The molecule has 3 rings (SSSR count). The number of carbonyl (C=O) groups is 1. The van der Waals surface area contributed by atoms with E-state index in [1.54, 1.807) is 11.0 Å². The van der Waals surface area contributed by atoms with E-state index < -0.39 is 5.60 Å². The molecule has 1 aliphatic heterocycles. The molecule has 0 bridgehead atoms. The monoisotopic (exact) mass is 424 g/mol. The molecule has 1 unspecified atom stereocenters. The molecule has 1 atom stereocenters. The lowest BCUT2D eigenvalue weighted by atomic mass is 10.1. The molecule has 0 spiro atoms. The van der Waals surface area contributed by atoms with E-state index in [0.29, 0.717) is 24.0 Å². The Labute approximate surface area is 160 Å². The number of benzene rings is 1. The van der Waals surface area contributed by atoms with Crippen LogP contribution in [-0.4, -0.2) is 38.1 Å². The average molecular weight is 425 g/mol. The van der Waals surface area contributed by atoms with Crippen LogP contribution in [0.4, 0.5) is 9.18 Å². The normalized spacial score (nSPS) is 15.5. The summed E-state index contributed by atoms with van der Waals surface area (Å²) < 4.78 is 21.3. The quantitative estimate of drug-likeness (QED) is 0.728. The van der Waals surface area contributed by atoms with E-state index in [1.807, 2.05) is 32.4 Å². The Morgan fingerprint density at radius 1 is 1.38 bits per heavy atom. The number of fused-ring (bicyclic) bond motifs is 1. The molecule has 1 amide bonds. The predicted molar refractivity (Wildman–Crippen MR) is 98.3 cm³/mol. The molecule has 8 heteroatoms. The second-order valence-electron chi connectivity index (χ2n) is 7.42. The minimum atomic E-state index is -0.529. The molecule has 1 aliphatic rings. The highest BCUT2D eigenvalue weighted by molar-refractivity contribution is 9.10. The largest absolute Gasteiger partial charge is 0.444 e. The molecule has 2 heterocycles. The number of aromatic nitrogens is 3. The van der Waals surface area contributed by atoms with Gasteiger partial charge in [-0.05, 0) is 45.4 Å². The summed E-state index contributed by atoms with van der Waals surface area (Å²) in [6.45, 7) is 8.46. The SMILES string of the molecule is CC(c1ccc(F)cc1Br)n1nnc2c1CCN(C(=O)OC(C)(C)C)C2. The lowest BCUT2D eigenvalue weighted by Gasteiger charge is -2.30. The van der Waals surface area contributed by atoms with Crippen LogP contribution in [0.25, 0.3) is 0 Å². The van der Waals surface area contributed by atoms with Gasteiger partial charge in [0, 0.05) is 17.4 Å². The molecular weight excluding hydrogens is 403 g/mol. The molecular formula is C18H22BrFN4O2. The zero-order chi connectivity index (χ0) is 19.1. The van der Waals surface area contributed by atoms with E-state index in [2.05, 4.69) is 26.2 Å². The van der Waals surface area contributed by atoms with Gasteiger partial charge in [-0.2, -0.15) is 0 Å². The fraction of sp³-hybridized carbons (Fsp3) is 0.500. The molecule has 0 aliphatic carbocycles. The highest BCUT2D eigenvalue weighted by Gasteiger charge is 2.30. The maximum Gasteiger partial charge on any atom is 0.410 e. The fourth-order valence-electron chi connectivity index (χ4n) is 2.99. The van der Waals surface area contributed by atoms with E-state index in [-0.39, 0.29) is 18.0 Å². The van der Waals surface area contributed by atoms with Gasteiger partial charge in [-0.3, -0.25) is 0 Å². The van der Waals surface area contributed by atoms with Gasteiger partial charge < -0.3 is 9.64 Å². The number of halogens is 2. The Morgan fingerprint density at radius 3 is 2.77 bits per heavy atom. The lowest BCUT2D eigenvalue weighted by molar-refractivity contribution is 0.0220. The van der Waals surface area contributed by atoms with Gasteiger partial charge in [-0.15, -0.1) is 5.10 Å². The molecule has 0 fully saturated rings. The maximum absolute atomic E-state index is 13.3. The van der Waals surface area contributed by atoms with Crippen molar-refractivity contribution >= 4 is 22.0 Å². The number of hydrogen-bond acceptors (Lipinski definition) is 4. The van der Waals surface area contributed by atoms with E-state index in [0.717, 1.165) is 17.0 Å². The van der Waals surface area contributed by atoms with Gasteiger partial charge in [0.05, 0.1) is 18.3 Å². The van der Waals surface area contributed by atoms with Gasteiger partial charge in [0.1, 0.15) is 17.1 Å². The average Bonchev–Trinajstić information content (AvgIpc) is 2.95. The molecule has 140 valence electrons. The van der Waals surface area contributed by atoms with Crippen molar-refractivity contribution in [2.75, 3.05) is 6.54 Å². The minimum absolute atomic E-state index is 0.102. The molecule has 1 aromatic carbocycles. The van der Waals surface area contributed by atoms with Gasteiger partial charge in [-0.1, -0.05) is 27.2 Å². The topological polar surface area (TPSA) is 60.2 Å². The van der Waals surface area contributed by atoms with Gasteiger partial charge in [-0.25, -0.2) is 13.9 Å². The van der Waals surface area contributed by atoms with Crippen molar-refractivity contribution in [3.05, 3.63) is 45.4 Å². The second-order valence-corrected chi connectivity index (χ2v) is 8.28. The van der Waals surface area contributed by atoms with Gasteiger partial charge in [0.15, 0.2) is 0 Å². The van der Waals surface area contributed by atoms with Crippen molar-refractivity contribution in [2.45, 2.75) is 52.3 Å². The highest BCUT2D eigenvalue weighted by Crippen LogP contribution is 2.29. The summed E-state index contributed by atoms with van der Waals surface area (Å²) in [6, 6.07) is 4.52. The van der Waals surface area contributed by atoms with Crippen LogP contribution in [0, 0.1) is 5.82 Å². The summed E-state index contributed by atoms with van der Waals surface area (Å²) in [6.07, 6.45) is 0.303. The lowest BCUT2D eigenvalue weighted by Crippen LogP contribution is -2.40. The Balaban J connectivity index is 1.80. The molecule has 6 nitrogen and oxygen atoms in total. The van der Waals surface area contributed by atoms with Gasteiger partial charge in [0.25, 0.3) is 0 Å². The first-order valence-electron chi connectivity index (χ1n) is 8.51. The maximum atomic E-state index is 13.3. The Bertz CT molecular complexity index is 831. The Hall–Kier alpha value is -1.96. The second kappa shape index (κ2) is 6.98. The first-order chi connectivity index (χ1) is 12.2. The number of carbonyl (C=O) groups excluding carboxylic acids is 1. The van der Waals surface area contributed by atoms with Crippen molar-refractivity contribution in [1.82, 2.24) is 19.9 Å². The predicted octanol–water partition coefficient (Wildman–Crippen LogP) is 4.08. The van der Waals surface area contributed by atoms with E-state index >= 15 is 0 Å². The number of amides is 1. The summed E-state index contributed by atoms with van der Waals surface area (Å²) in [5, 5.41) is 8.53. The first-order valence-corrected chi connectivity index (χ1v) is 9.31. The van der Waals surface area contributed by atoms with E-state index in [4.69, 9.17) is 4.74 Å². The Kier molecular flexibility index (Phi) is 5.05. The van der Waals surface area contributed by atoms with Crippen LogP contribution in [0.15, 0.2) is 22.7 Å². The van der Waals surface area contributed by atoms with Crippen LogP contribution < -0.4 is 0 Å². The summed E-state index contributed by atoms with van der Waals surface area (Å²) in [7, 11) is 0. The smallest absolute Gasteiger partial charge is 0.410 e. The number of ether oxygens (including phenoxy) is 1. The van der Waals surface area contributed by atoms with Crippen LogP contribution in [0.1, 0.15) is 50.7 Å². The third-order valence-corrected chi connectivity index (χ3v) is 4.95. The van der Waals surface area contributed by atoms with Crippen LogP contribution in [0.3, 0.4) is 0 Å². The Morgan fingerprint density at radius 2 is 2.12 bits per heavy atom. The summed E-state index contributed by atoms with van der Waals surface area (Å²) >= 11 is 3.41. The number of nitrogens with zero attached hydrogens (tertiary/aromatic N) is 4. The number of hydrogen-bond donors (Lipinski definition) is 0. The zero-order valence-corrected chi connectivity index (χ0v) is 16.9. The first kappa shape index (κ1) is 18.8. The third-order valence-electron chi connectivity index (χ3n) is 4.26. The molecule has 2 aromatic rings. The highest BCUT2D eigenvalue weighted by atomic mass is 79.9. The van der Waals surface area contributed by atoms with Crippen LogP contribution in [-0.2, 0) is 17.7 Å². The molecule has 0 N–H and O–H groups in total. The van der Waals surface area contributed by atoms with Crippen molar-refractivity contribution < 1.29 is 13.9 Å². The fourth-order valence-corrected chi connectivity index (χ4v) is 3.68. The van der Waals surface area contributed by atoms with E-state index in [1.165, 1.54) is 12.1 Å². The van der Waals surface area contributed by atoms with Crippen LogP contribution >= 0.6 is 15.9 Å². The summed E-state index contributed by atoms with van der Waals surface area (Å²) in [4.78, 5) is 13.9. The minimum Gasteiger partial charge on any atom is -0.444 e. The van der Waals surface area contributed by atoms with E-state index in [9.17, 15) is 9.18 Å². The van der Waals surface area contributed by atoms with Gasteiger partial charge in [0.2, 0.25) is 0 Å². The number of rotatable bonds is 2. The van der Waals surface area contributed by atoms with Crippen molar-refractivity contribution in [1.29, 1.82) is 0 Å². The molecule has 0 radical (unpaired) electrons.